The van der Waals surface area contributed by atoms with Gasteiger partial charge < -0.3 is 5.43 Å². The zero-order chi connectivity index (χ0) is 15.6. The normalized spacial score (nSPS) is 11.2. The molecule has 5 nitrogen and oxygen atoms in total. The van der Waals surface area contributed by atoms with Crippen LogP contribution < -0.4 is 16.0 Å². The summed E-state index contributed by atoms with van der Waals surface area (Å²) in [5.41, 5.74) is 1.73. The molecule has 0 heterocycles. The third-order valence-corrected chi connectivity index (χ3v) is 4.26. The number of sulfonamides is 1. The Balaban J connectivity index is 2.50. The molecule has 0 aliphatic carbocycles. The van der Waals surface area contributed by atoms with Crippen LogP contribution in [0.1, 0.15) is 5.56 Å². The Kier molecular flexibility index (Phi) is 4.10. The Hall–Kier alpha value is -2.19. The molecule has 0 bridgehead atoms. The number of nitrogens with one attached hydrogen (secondary N) is 2. The van der Waals surface area contributed by atoms with Crippen molar-refractivity contribution in [1.82, 2.24) is 0 Å². The van der Waals surface area contributed by atoms with Crippen LogP contribution in [-0.2, 0) is 10.0 Å². The van der Waals surface area contributed by atoms with Crippen LogP contribution >= 0.6 is 0 Å². The first-order chi connectivity index (χ1) is 9.86. The van der Waals surface area contributed by atoms with Gasteiger partial charge in [0.05, 0.1) is 5.69 Å². The number of halogens is 2. The van der Waals surface area contributed by atoms with Gasteiger partial charge in [0.15, 0.2) is 5.82 Å². The Labute approximate surface area is 120 Å². The summed E-state index contributed by atoms with van der Waals surface area (Å²) in [6.07, 6.45) is 0. The van der Waals surface area contributed by atoms with E-state index in [0.717, 1.165) is 6.07 Å². The van der Waals surface area contributed by atoms with Gasteiger partial charge in [-0.05, 0) is 30.7 Å². The van der Waals surface area contributed by atoms with Crippen LogP contribution in [0.4, 0.5) is 20.2 Å². The summed E-state index contributed by atoms with van der Waals surface area (Å²) in [5, 5.41) is 0. The van der Waals surface area contributed by atoms with Crippen molar-refractivity contribution in [3.8, 4) is 0 Å². The number of hydrogen-bond donors (Lipinski definition) is 3. The monoisotopic (exact) mass is 313 g/mol. The molecule has 0 spiro atoms. The predicted octanol–water partition coefficient (Wildman–Crippen LogP) is 2.36. The summed E-state index contributed by atoms with van der Waals surface area (Å²) in [6, 6.07) is 7.95. The quantitative estimate of drug-likeness (QED) is 0.597. The van der Waals surface area contributed by atoms with Crippen molar-refractivity contribution in [2.75, 3.05) is 10.1 Å². The van der Waals surface area contributed by atoms with E-state index in [1.54, 1.807) is 6.07 Å². The molecule has 0 aliphatic rings. The smallest absolute Gasteiger partial charge is 0.264 e. The molecule has 2 aromatic carbocycles. The van der Waals surface area contributed by atoms with Gasteiger partial charge >= 0.3 is 0 Å². The largest absolute Gasteiger partial charge is 0.323 e. The van der Waals surface area contributed by atoms with Crippen LogP contribution in [0.2, 0.25) is 0 Å². The molecule has 2 rings (SSSR count). The molecule has 0 fully saturated rings. The number of nitrogens with two attached hydrogens (primary N) is 1. The summed E-state index contributed by atoms with van der Waals surface area (Å²) < 4.78 is 54.0. The van der Waals surface area contributed by atoms with Crippen LogP contribution in [-0.4, -0.2) is 8.42 Å². The van der Waals surface area contributed by atoms with E-state index in [4.69, 9.17) is 5.84 Å². The van der Waals surface area contributed by atoms with Crippen molar-refractivity contribution in [3.63, 3.8) is 0 Å². The number of para-hydroxylation sites is 1. The molecule has 112 valence electrons. The van der Waals surface area contributed by atoms with Crippen molar-refractivity contribution in [3.05, 3.63) is 53.6 Å². The minimum atomic E-state index is -4.19. The third kappa shape index (κ3) is 2.96. The number of rotatable bonds is 4. The molecule has 8 heteroatoms. The molecule has 4 N–H and O–H groups in total. The molecular weight excluding hydrogens is 300 g/mol. The molecule has 2 aromatic rings. The average Bonchev–Trinajstić information content (AvgIpc) is 2.47. The highest BCUT2D eigenvalue weighted by atomic mass is 32.2. The zero-order valence-corrected chi connectivity index (χ0v) is 11.8. The molecular formula is C13H13F2N3O2S. The van der Waals surface area contributed by atoms with Crippen molar-refractivity contribution in [2.45, 2.75) is 11.8 Å². The molecule has 0 amide bonds. The fourth-order valence-corrected chi connectivity index (χ4v) is 3.00. The van der Waals surface area contributed by atoms with Gasteiger partial charge in [-0.15, -0.1) is 0 Å². The molecule has 0 aromatic heterocycles. The second kappa shape index (κ2) is 5.66. The van der Waals surface area contributed by atoms with Gasteiger partial charge in [0, 0.05) is 0 Å². The van der Waals surface area contributed by atoms with Crippen molar-refractivity contribution >= 4 is 21.4 Å². The number of aryl methyl sites for hydroxylation is 1. The lowest BCUT2D eigenvalue weighted by Gasteiger charge is -2.13. The Morgan fingerprint density at radius 2 is 1.76 bits per heavy atom. The molecule has 0 saturated heterocycles. The van der Waals surface area contributed by atoms with Crippen molar-refractivity contribution in [1.29, 1.82) is 0 Å². The zero-order valence-electron chi connectivity index (χ0n) is 11.0. The molecule has 0 atom stereocenters. The topological polar surface area (TPSA) is 84.2 Å². The van der Waals surface area contributed by atoms with E-state index in [2.05, 4.69) is 5.43 Å². The van der Waals surface area contributed by atoms with Gasteiger partial charge in [-0.1, -0.05) is 18.2 Å². The minimum Gasteiger partial charge on any atom is -0.323 e. The number of hydrogen-bond acceptors (Lipinski definition) is 4. The number of hydrazine groups is 1. The second-order valence-corrected chi connectivity index (χ2v) is 5.95. The van der Waals surface area contributed by atoms with Gasteiger partial charge in [-0.3, -0.25) is 10.6 Å². The fourth-order valence-electron chi connectivity index (χ4n) is 1.76. The third-order valence-electron chi connectivity index (χ3n) is 2.85. The van der Waals surface area contributed by atoms with E-state index in [1.165, 1.54) is 31.2 Å². The van der Waals surface area contributed by atoms with Gasteiger partial charge in [0.1, 0.15) is 16.4 Å². The van der Waals surface area contributed by atoms with Crippen LogP contribution in [0.25, 0.3) is 0 Å². The summed E-state index contributed by atoms with van der Waals surface area (Å²) >= 11 is 0. The summed E-state index contributed by atoms with van der Waals surface area (Å²) in [5.74, 6) is 3.27. The van der Waals surface area contributed by atoms with Gasteiger partial charge in [0.2, 0.25) is 0 Å². The maximum Gasteiger partial charge on any atom is 0.264 e. The molecule has 0 radical (unpaired) electrons. The van der Waals surface area contributed by atoms with Crippen LogP contribution in [0.15, 0.2) is 41.3 Å². The van der Waals surface area contributed by atoms with Gasteiger partial charge in [-0.2, -0.15) is 0 Å². The lowest BCUT2D eigenvalue weighted by Crippen LogP contribution is -2.19. The number of benzene rings is 2. The summed E-state index contributed by atoms with van der Waals surface area (Å²) in [7, 11) is -4.19. The summed E-state index contributed by atoms with van der Waals surface area (Å²) in [6.45, 7) is 1.40. The lowest BCUT2D eigenvalue weighted by molar-refractivity contribution is 0.579. The van der Waals surface area contributed by atoms with Gasteiger partial charge in [0.25, 0.3) is 10.0 Å². The Morgan fingerprint density at radius 1 is 1.10 bits per heavy atom. The van der Waals surface area contributed by atoms with Gasteiger partial charge in [-0.25, -0.2) is 17.2 Å². The maximum atomic E-state index is 13.9. The second-order valence-electron chi connectivity index (χ2n) is 4.30. The first kappa shape index (κ1) is 15.2. The highest BCUT2D eigenvalue weighted by molar-refractivity contribution is 7.92. The first-order valence-electron chi connectivity index (χ1n) is 5.90. The standard InChI is InChI=1S/C13H13F2N3O2S/c1-8-6-7-9(14)13(12(8)15)18-21(19,20)11-5-3-2-4-10(11)17-16/h2-7,17-18H,16H2,1H3. The van der Waals surface area contributed by atoms with E-state index < -0.39 is 27.3 Å². The Morgan fingerprint density at radius 3 is 2.43 bits per heavy atom. The van der Waals surface area contributed by atoms with Crippen molar-refractivity contribution < 1.29 is 17.2 Å². The highest BCUT2D eigenvalue weighted by Crippen LogP contribution is 2.27. The lowest BCUT2D eigenvalue weighted by atomic mass is 10.2. The number of nitrogen functional groups attached to an aromatic ring is 1. The van der Waals surface area contributed by atoms with Crippen LogP contribution in [0.3, 0.4) is 0 Å². The first-order valence-corrected chi connectivity index (χ1v) is 7.38. The van der Waals surface area contributed by atoms with E-state index in [9.17, 15) is 17.2 Å². The SMILES string of the molecule is Cc1ccc(F)c(NS(=O)(=O)c2ccccc2NN)c1F. The van der Waals surface area contributed by atoms with E-state index in [0.29, 0.717) is 0 Å². The minimum absolute atomic E-state index is 0.110. The fraction of sp³-hybridized carbons (Fsp3) is 0.0769. The molecule has 21 heavy (non-hydrogen) atoms. The van der Waals surface area contributed by atoms with E-state index in [-0.39, 0.29) is 16.1 Å². The maximum absolute atomic E-state index is 13.9. The highest BCUT2D eigenvalue weighted by Gasteiger charge is 2.22. The molecule has 0 aliphatic heterocycles. The molecule has 0 unspecified atom stereocenters. The molecule has 0 saturated carbocycles. The number of anilines is 2. The van der Waals surface area contributed by atoms with E-state index in [1.807, 2.05) is 4.72 Å². The van der Waals surface area contributed by atoms with E-state index >= 15 is 0 Å². The Bertz CT molecular complexity index is 779. The average molecular weight is 313 g/mol. The van der Waals surface area contributed by atoms with Crippen LogP contribution in [0, 0.1) is 18.6 Å². The van der Waals surface area contributed by atoms with Crippen molar-refractivity contribution in [2.24, 2.45) is 5.84 Å². The van der Waals surface area contributed by atoms with Crippen LogP contribution in [0.5, 0.6) is 0 Å². The summed E-state index contributed by atoms with van der Waals surface area (Å²) in [4.78, 5) is -0.215. The predicted molar refractivity (Wildman–Crippen MR) is 76.2 cm³/mol.